The molecule has 0 unspecified atom stereocenters. The van der Waals surface area contributed by atoms with Crippen molar-refractivity contribution < 1.29 is 5.11 Å². The number of hydrogen-bond acceptors (Lipinski definition) is 3. The largest absolute Gasteiger partial charge is 0.389 e. The highest BCUT2D eigenvalue weighted by atomic mass is 16.3. The van der Waals surface area contributed by atoms with Crippen LogP contribution in [-0.2, 0) is 13.0 Å². The van der Waals surface area contributed by atoms with Crippen molar-refractivity contribution in [2.45, 2.75) is 38.3 Å². The number of nitrogens with zero attached hydrogens (tertiary/aromatic N) is 3. The number of aliphatic hydroxyl groups is 1. The molecule has 21 heavy (non-hydrogen) atoms. The van der Waals surface area contributed by atoms with Crippen molar-refractivity contribution in [1.29, 1.82) is 0 Å². The summed E-state index contributed by atoms with van der Waals surface area (Å²) in [6.07, 6.45) is 6.24. The van der Waals surface area contributed by atoms with Gasteiger partial charge in [0.05, 0.1) is 11.8 Å². The molecule has 2 heterocycles. The summed E-state index contributed by atoms with van der Waals surface area (Å²) in [4.78, 5) is 2.35. The van der Waals surface area contributed by atoms with Gasteiger partial charge in [-0.25, -0.2) is 0 Å². The van der Waals surface area contributed by atoms with Gasteiger partial charge in [-0.3, -0.25) is 4.68 Å². The van der Waals surface area contributed by atoms with Gasteiger partial charge in [0.15, 0.2) is 0 Å². The number of benzene rings is 1. The van der Waals surface area contributed by atoms with Crippen LogP contribution in [0.5, 0.6) is 0 Å². The van der Waals surface area contributed by atoms with Crippen molar-refractivity contribution in [1.82, 2.24) is 9.78 Å². The van der Waals surface area contributed by atoms with E-state index in [1.54, 1.807) is 0 Å². The van der Waals surface area contributed by atoms with Gasteiger partial charge in [-0.15, -0.1) is 0 Å². The second-order valence-corrected chi connectivity index (χ2v) is 5.93. The molecule has 1 saturated heterocycles. The fraction of sp³-hybridized carbons (Fsp3) is 0.471. The number of anilines is 1. The van der Waals surface area contributed by atoms with Gasteiger partial charge in [0.2, 0.25) is 0 Å². The molecular weight excluding hydrogens is 262 g/mol. The summed E-state index contributed by atoms with van der Waals surface area (Å²) in [7, 11) is 0. The molecule has 0 spiro atoms. The van der Waals surface area contributed by atoms with E-state index in [0.717, 1.165) is 38.0 Å². The van der Waals surface area contributed by atoms with Gasteiger partial charge in [-0.2, -0.15) is 5.10 Å². The topological polar surface area (TPSA) is 41.3 Å². The molecule has 0 aliphatic carbocycles. The van der Waals surface area contributed by atoms with Crippen molar-refractivity contribution in [2.75, 3.05) is 18.0 Å². The molecule has 3 rings (SSSR count). The third-order valence-electron chi connectivity index (χ3n) is 4.36. The van der Waals surface area contributed by atoms with Crippen LogP contribution in [0, 0.1) is 0 Å². The number of hydrogen-bond donors (Lipinski definition) is 1. The van der Waals surface area contributed by atoms with Crippen molar-refractivity contribution in [2.24, 2.45) is 0 Å². The summed E-state index contributed by atoms with van der Waals surface area (Å²) in [6.45, 7) is 4.76. The van der Waals surface area contributed by atoms with Crippen LogP contribution in [0.2, 0.25) is 0 Å². The fourth-order valence-electron chi connectivity index (χ4n) is 3.05. The van der Waals surface area contributed by atoms with E-state index in [4.69, 9.17) is 0 Å². The first-order valence-corrected chi connectivity index (χ1v) is 7.72. The Morgan fingerprint density at radius 1 is 1.19 bits per heavy atom. The average Bonchev–Trinajstić information content (AvgIpc) is 2.96. The van der Waals surface area contributed by atoms with E-state index in [1.807, 2.05) is 23.1 Å². The van der Waals surface area contributed by atoms with Crippen LogP contribution in [0.1, 0.15) is 25.3 Å². The van der Waals surface area contributed by atoms with Crippen LogP contribution in [-0.4, -0.2) is 33.6 Å². The summed E-state index contributed by atoms with van der Waals surface area (Å²) in [5.74, 6) is 0. The molecule has 0 radical (unpaired) electrons. The second kappa shape index (κ2) is 5.90. The normalized spacial score (nSPS) is 17.9. The number of piperidine rings is 1. The second-order valence-electron chi connectivity index (χ2n) is 5.93. The third kappa shape index (κ3) is 3.27. The maximum Gasteiger partial charge on any atom is 0.0722 e. The van der Waals surface area contributed by atoms with Gasteiger partial charge in [-0.1, -0.05) is 18.2 Å². The Hall–Kier alpha value is -1.81. The van der Waals surface area contributed by atoms with Gasteiger partial charge in [0.1, 0.15) is 0 Å². The Labute approximate surface area is 126 Å². The predicted octanol–water partition coefficient (Wildman–Crippen LogP) is 2.48. The van der Waals surface area contributed by atoms with Gasteiger partial charge < -0.3 is 10.0 Å². The van der Waals surface area contributed by atoms with Crippen LogP contribution in [0.15, 0.2) is 42.7 Å². The number of aromatic nitrogens is 2. The molecule has 1 aromatic heterocycles. The number of para-hydroxylation sites is 1. The Kier molecular flexibility index (Phi) is 3.97. The molecule has 0 atom stereocenters. The molecule has 112 valence electrons. The Morgan fingerprint density at radius 3 is 2.52 bits per heavy atom. The Morgan fingerprint density at radius 2 is 1.90 bits per heavy atom. The van der Waals surface area contributed by atoms with Gasteiger partial charge in [-0.05, 0) is 37.5 Å². The summed E-state index contributed by atoms with van der Waals surface area (Å²) in [6, 6.07) is 10.4. The lowest BCUT2D eigenvalue weighted by atomic mass is 9.86. The zero-order valence-electron chi connectivity index (χ0n) is 12.6. The van der Waals surface area contributed by atoms with Crippen LogP contribution in [0.3, 0.4) is 0 Å². The number of aryl methyl sites for hydroxylation is 1. The van der Waals surface area contributed by atoms with Crippen molar-refractivity contribution in [3.8, 4) is 0 Å². The highest BCUT2D eigenvalue weighted by Gasteiger charge is 2.32. The lowest BCUT2D eigenvalue weighted by Crippen LogP contribution is -2.45. The lowest BCUT2D eigenvalue weighted by Gasteiger charge is -2.39. The maximum absolute atomic E-state index is 10.8. The monoisotopic (exact) mass is 285 g/mol. The SMILES string of the molecule is CCn1cc(CC2(O)CCN(c3ccccc3)CC2)cn1. The van der Waals surface area contributed by atoms with E-state index < -0.39 is 5.60 Å². The van der Waals surface area contributed by atoms with Crippen LogP contribution < -0.4 is 4.90 Å². The van der Waals surface area contributed by atoms with Gasteiger partial charge >= 0.3 is 0 Å². The van der Waals surface area contributed by atoms with E-state index in [1.165, 1.54) is 5.69 Å². The molecule has 0 amide bonds. The highest BCUT2D eigenvalue weighted by molar-refractivity contribution is 5.46. The third-order valence-corrected chi connectivity index (χ3v) is 4.36. The fourth-order valence-corrected chi connectivity index (χ4v) is 3.05. The maximum atomic E-state index is 10.8. The van der Waals surface area contributed by atoms with Crippen LogP contribution >= 0.6 is 0 Å². The molecule has 1 aliphatic heterocycles. The zero-order valence-corrected chi connectivity index (χ0v) is 12.6. The van der Waals surface area contributed by atoms with E-state index in [2.05, 4.69) is 41.2 Å². The van der Waals surface area contributed by atoms with E-state index in [9.17, 15) is 5.11 Å². The molecule has 0 saturated carbocycles. The number of rotatable bonds is 4. The van der Waals surface area contributed by atoms with Gasteiger partial charge in [0.25, 0.3) is 0 Å². The minimum atomic E-state index is -0.590. The molecule has 4 nitrogen and oxygen atoms in total. The first-order chi connectivity index (χ1) is 10.2. The predicted molar refractivity (Wildman–Crippen MR) is 84.4 cm³/mol. The summed E-state index contributed by atoms with van der Waals surface area (Å²) >= 11 is 0. The zero-order chi connectivity index (χ0) is 14.7. The summed E-state index contributed by atoms with van der Waals surface area (Å²) in [5, 5.41) is 15.1. The lowest BCUT2D eigenvalue weighted by molar-refractivity contribution is 0.0165. The molecule has 1 aliphatic rings. The summed E-state index contributed by atoms with van der Waals surface area (Å²) < 4.78 is 1.91. The van der Waals surface area contributed by atoms with Crippen LogP contribution in [0.4, 0.5) is 5.69 Å². The highest BCUT2D eigenvalue weighted by Crippen LogP contribution is 2.29. The van der Waals surface area contributed by atoms with Crippen LogP contribution in [0.25, 0.3) is 0 Å². The van der Waals surface area contributed by atoms with Crippen molar-refractivity contribution in [3.05, 3.63) is 48.3 Å². The van der Waals surface area contributed by atoms with Crippen molar-refractivity contribution >= 4 is 5.69 Å². The van der Waals surface area contributed by atoms with E-state index >= 15 is 0 Å². The molecule has 2 aromatic rings. The molecule has 1 fully saturated rings. The minimum Gasteiger partial charge on any atom is -0.389 e. The van der Waals surface area contributed by atoms with Crippen molar-refractivity contribution in [3.63, 3.8) is 0 Å². The first-order valence-electron chi connectivity index (χ1n) is 7.72. The first kappa shape index (κ1) is 14.1. The minimum absolute atomic E-state index is 0.590. The average molecular weight is 285 g/mol. The van der Waals surface area contributed by atoms with E-state index in [-0.39, 0.29) is 0 Å². The molecular formula is C17H23N3O. The smallest absolute Gasteiger partial charge is 0.0722 e. The molecule has 1 aromatic carbocycles. The molecule has 4 heteroatoms. The Balaban J connectivity index is 1.61. The molecule has 0 bridgehead atoms. The molecule has 1 N–H and O–H groups in total. The van der Waals surface area contributed by atoms with E-state index in [0.29, 0.717) is 6.42 Å². The van der Waals surface area contributed by atoms with Gasteiger partial charge in [0, 0.05) is 37.9 Å². The summed E-state index contributed by atoms with van der Waals surface area (Å²) in [5.41, 5.74) is 1.79. The Bertz CT molecular complexity index is 571. The standard InChI is InChI=1S/C17H23N3O/c1-2-20-14-15(13-18-20)12-17(21)8-10-19(11-9-17)16-6-4-3-5-7-16/h3-7,13-14,21H,2,8-12H2,1H3. The quantitative estimate of drug-likeness (QED) is 0.938.